The Bertz CT molecular complexity index is 1250. The summed E-state index contributed by atoms with van der Waals surface area (Å²) in [5, 5.41) is 0.498. The second-order valence-electron chi connectivity index (χ2n) is 5.63. The van der Waals surface area contributed by atoms with Gasteiger partial charge in [0.25, 0.3) is 0 Å². The van der Waals surface area contributed by atoms with Crippen molar-refractivity contribution in [3.63, 3.8) is 0 Å². The Hall–Kier alpha value is -2.87. The highest BCUT2D eigenvalue weighted by Gasteiger charge is 2.18. The zero-order valence-electron chi connectivity index (χ0n) is 14.2. The van der Waals surface area contributed by atoms with Crippen LogP contribution in [0.3, 0.4) is 0 Å². The smallest absolute Gasteiger partial charge is 0.243 e. The fourth-order valence-electron chi connectivity index (χ4n) is 2.38. The van der Waals surface area contributed by atoms with Crippen LogP contribution < -0.4 is 9.44 Å². The average Bonchev–Trinajstić information content (AvgIpc) is 3.03. The highest BCUT2D eigenvalue weighted by Crippen LogP contribution is 2.20. The Labute approximate surface area is 157 Å². The molecule has 3 N–H and O–H groups in total. The van der Waals surface area contributed by atoms with E-state index in [0.717, 1.165) is 6.26 Å². The summed E-state index contributed by atoms with van der Waals surface area (Å²) in [5.41, 5.74) is 1.43. The molecule has 3 aromatic rings. The first-order valence-electron chi connectivity index (χ1n) is 7.73. The van der Waals surface area contributed by atoms with Crippen molar-refractivity contribution in [2.24, 2.45) is 0 Å². The van der Waals surface area contributed by atoms with Gasteiger partial charge in [0.05, 0.1) is 12.8 Å². The SMILES string of the molecule is CS(=O)(=O)Nc1cccc(C#CCNS(=O)(=O)c2c[nH]c3ncccc23)c1. The van der Waals surface area contributed by atoms with Crippen molar-refractivity contribution < 1.29 is 16.8 Å². The lowest BCUT2D eigenvalue weighted by molar-refractivity contribution is 0.587. The first-order chi connectivity index (χ1) is 12.7. The molecule has 0 aliphatic carbocycles. The van der Waals surface area contributed by atoms with E-state index < -0.39 is 20.0 Å². The van der Waals surface area contributed by atoms with Crippen molar-refractivity contribution in [3.05, 3.63) is 54.4 Å². The van der Waals surface area contributed by atoms with Crippen LogP contribution in [0.15, 0.2) is 53.7 Å². The molecule has 27 heavy (non-hydrogen) atoms. The molecule has 140 valence electrons. The summed E-state index contributed by atoms with van der Waals surface area (Å²) in [6.45, 7) is -0.0982. The minimum atomic E-state index is -3.75. The van der Waals surface area contributed by atoms with E-state index in [1.807, 2.05) is 0 Å². The second-order valence-corrected chi connectivity index (χ2v) is 9.12. The van der Waals surface area contributed by atoms with Crippen LogP contribution in [0.4, 0.5) is 5.69 Å². The van der Waals surface area contributed by atoms with E-state index in [1.165, 1.54) is 6.20 Å². The van der Waals surface area contributed by atoms with Gasteiger partial charge in [-0.1, -0.05) is 17.9 Å². The zero-order valence-corrected chi connectivity index (χ0v) is 15.9. The summed E-state index contributed by atoms with van der Waals surface area (Å²) in [4.78, 5) is 6.98. The van der Waals surface area contributed by atoms with Gasteiger partial charge in [-0.15, -0.1) is 0 Å². The summed E-state index contributed by atoms with van der Waals surface area (Å²) < 4.78 is 52.1. The van der Waals surface area contributed by atoms with Gasteiger partial charge in [-0.3, -0.25) is 4.72 Å². The summed E-state index contributed by atoms with van der Waals surface area (Å²) in [6.07, 6.45) is 4.01. The molecule has 3 rings (SSSR count). The molecule has 10 heteroatoms. The molecule has 0 amide bonds. The predicted molar refractivity (Wildman–Crippen MR) is 103 cm³/mol. The summed E-state index contributed by atoms with van der Waals surface area (Å²) in [6, 6.07) is 9.83. The molecule has 0 aliphatic rings. The molecule has 0 aliphatic heterocycles. The van der Waals surface area contributed by atoms with Crippen LogP contribution in [-0.2, 0) is 20.0 Å². The predicted octanol–water partition coefficient (Wildman–Crippen LogP) is 1.26. The van der Waals surface area contributed by atoms with Crippen molar-refractivity contribution in [1.29, 1.82) is 0 Å². The molecule has 0 saturated heterocycles. The molecule has 0 fully saturated rings. The van der Waals surface area contributed by atoms with E-state index in [2.05, 4.69) is 31.3 Å². The van der Waals surface area contributed by atoms with Crippen LogP contribution in [0.5, 0.6) is 0 Å². The fraction of sp³-hybridized carbons (Fsp3) is 0.118. The Morgan fingerprint density at radius 1 is 1.15 bits per heavy atom. The van der Waals surface area contributed by atoms with E-state index in [1.54, 1.807) is 42.6 Å². The molecule has 8 nitrogen and oxygen atoms in total. The number of fused-ring (bicyclic) bond motifs is 1. The number of aromatic nitrogens is 2. The van der Waals surface area contributed by atoms with Crippen molar-refractivity contribution in [3.8, 4) is 11.8 Å². The maximum absolute atomic E-state index is 12.4. The summed E-state index contributed by atoms with van der Waals surface area (Å²) in [7, 11) is -7.13. The number of anilines is 1. The van der Waals surface area contributed by atoms with Crippen molar-refractivity contribution in [2.75, 3.05) is 17.5 Å². The minimum absolute atomic E-state index is 0.0982. The van der Waals surface area contributed by atoms with Crippen LogP contribution >= 0.6 is 0 Å². The quantitative estimate of drug-likeness (QED) is 0.553. The lowest BCUT2D eigenvalue weighted by Crippen LogP contribution is -2.23. The average molecular weight is 404 g/mol. The number of benzene rings is 1. The molecular weight excluding hydrogens is 388 g/mol. The fourth-order valence-corrected chi connectivity index (χ4v) is 4.02. The number of nitrogens with one attached hydrogen (secondary N) is 3. The Balaban J connectivity index is 1.71. The molecule has 0 atom stereocenters. The van der Waals surface area contributed by atoms with E-state index in [-0.39, 0.29) is 11.4 Å². The number of hydrogen-bond donors (Lipinski definition) is 3. The molecule has 0 saturated carbocycles. The van der Waals surface area contributed by atoms with E-state index in [9.17, 15) is 16.8 Å². The highest BCUT2D eigenvalue weighted by molar-refractivity contribution is 7.92. The van der Waals surface area contributed by atoms with E-state index >= 15 is 0 Å². The number of aromatic amines is 1. The maximum Gasteiger partial charge on any atom is 0.243 e. The van der Waals surface area contributed by atoms with Gasteiger partial charge >= 0.3 is 0 Å². The molecule has 2 heterocycles. The van der Waals surface area contributed by atoms with E-state index in [0.29, 0.717) is 22.3 Å². The van der Waals surface area contributed by atoms with Gasteiger partial charge in [0.15, 0.2) is 0 Å². The van der Waals surface area contributed by atoms with Gasteiger partial charge in [0.2, 0.25) is 20.0 Å². The molecule has 0 radical (unpaired) electrons. The lowest BCUT2D eigenvalue weighted by Gasteiger charge is -2.03. The third-order valence-corrected chi connectivity index (χ3v) is 5.50. The van der Waals surface area contributed by atoms with Crippen LogP contribution in [-0.4, -0.2) is 39.6 Å². The first kappa shape index (κ1) is 18.9. The Kier molecular flexibility index (Phi) is 5.18. The van der Waals surface area contributed by atoms with Crippen molar-refractivity contribution in [2.45, 2.75) is 4.90 Å². The van der Waals surface area contributed by atoms with Gasteiger partial charge in [-0.05, 0) is 30.3 Å². The van der Waals surface area contributed by atoms with E-state index in [4.69, 9.17) is 0 Å². The molecule has 0 unspecified atom stereocenters. The molecule has 2 aromatic heterocycles. The number of H-pyrrole nitrogens is 1. The van der Waals surface area contributed by atoms with Gasteiger partial charge in [0.1, 0.15) is 10.5 Å². The molecular formula is C17H16N4O4S2. The van der Waals surface area contributed by atoms with Crippen LogP contribution in [0.25, 0.3) is 11.0 Å². The standard InChI is InChI=1S/C17H16N4O4S2/c1-26(22,23)21-14-7-2-5-13(11-14)6-3-10-20-27(24,25)16-12-19-17-15(16)8-4-9-18-17/h2,4-5,7-9,11-12,20-21H,10H2,1H3,(H,18,19). The maximum atomic E-state index is 12.4. The number of sulfonamides is 2. The number of rotatable bonds is 5. The molecule has 0 spiro atoms. The topological polar surface area (TPSA) is 121 Å². The zero-order chi connectivity index (χ0) is 19.5. The van der Waals surface area contributed by atoms with Gasteiger partial charge in [0, 0.05) is 29.0 Å². The third kappa shape index (κ3) is 4.85. The molecule has 1 aromatic carbocycles. The summed E-state index contributed by atoms with van der Waals surface area (Å²) in [5.74, 6) is 5.51. The van der Waals surface area contributed by atoms with Gasteiger partial charge in [-0.25, -0.2) is 21.8 Å². The lowest BCUT2D eigenvalue weighted by atomic mass is 10.2. The Morgan fingerprint density at radius 3 is 2.74 bits per heavy atom. The van der Waals surface area contributed by atoms with Gasteiger partial charge in [-0.2, -0.15) is 4.72 Å². The van der Waals surface area contributed by atoms with Crippen LogP contribution in [0.1, 0.15) is 5.56 Å². The second kappa shape index (κ2) is 7.40. The van der Waals surface area contributed by atoms with Crippen molar-refractivity contribution >= 4 is 36.8 Å². The molecule has 0 bridgehead atoms. The first-order valence-corrected chi connectivity index (χ1v) is 11.1. The third-order valence-electron chi connectivity index (χ3n) is 3.45. The highest BCUT2D eigenvalue weighted by atomic mass is 32.2. The van der Waals surface area contributed by atoms with Crippen LogP contribution in [0.2, 0.25) is 0 Å². The Morgan fingerprint density at radius 2 is 1.96 bits per heavy atom. The van der Waals surface area contributed by atoms with Crippen molar-refractivity contribution in [1.82, 2.24) is 14.7 Å². The number of pyridine rings is 1. The van der Waals surface area contributed by atoms with Crippen LogP contribution in [0, 0.1) is 11.8 Å². The van der Waals surface area contributed by atoms with Gasteiger partial charge < -0.3 is 4.98 Å². The summed E-state index contributed by atoms with van der Waals surface area (Å²) >= 11 is 0. The largest absolute Gasteiger partial charge is 0.345 e. The number of hydrogen-bond acceptors (Lipinski definition) is 5. The number of nitrogens with zero attached hydrogens (tertiary/aromatic N) is 1. The monoisotopic (exact) mass is 404 g/mol. The minimum Gasteiger partial charge on any atom is -0.345 e. The normalized spacial score (nSPS) is 11.7.